The lowest BCUT2D eigenvalue weighted by Crippen LogP contribution is -2.38. The van der Waals surface area contributed by atoms with Crippen molar-refractivity contribution in [1.82, 2.24) is 18.7 Å². The molecule has 0 saturated heterocycles. The summed E-state index contributed by atoms with van der Waals surface area (Å²) in [7, 11) is 4.17. The molecule has 0 aliphatic carbocycles. The van der Waals surface area contributed by atoms with E-state index in [1.165, 1.54) is 36.7 Å². The molecule has 0 bridgehead atoms. The topological polar surface area (TPSA) is 88.1 Å². The number of imidazole rings is 1. The van der Waals surface area contributed by atoms with Crippen molar-refractivity contribution in [2.24, 2.45) is 14.1 Å². The predicted molar refractivity (Wildman–Crippen MR) is 66.9 cm³/mol. The number of fused-ring (bicyclic) bond motifs is 1. The molecule has 2 rings (SSSR count). The number of rotatable bonds is 2. The summed E-state index contributed by atoms with van der Waals surface area (Å²) in [6, 6.07) is -0.694. The maximum absolute atomic E-state index is 12.1. The third-order valence-electron chi connectivity index (χ3n) is 3.13. The molecule has 0 aliphatic heterocycles. The van der Waals surface area contributed by atoms with Gasteiger partial charge in [-0.05, 0) is 6.92 Å². The molecule has 0 aliphatic rings. The van der Waals surface area contributed by atoms with Gasteiger partial charge in [0.2, 0.25) is 0 Å². The minimum atomic E-state index is -0.694. The first-order chi connectivity index (χ1) is 8.90. The first-order valence-corrected chi connectivity index (χ1v) is 5.60. The summed E-state index contributed by atoms with van der Waals surface area (Å²) < 4.78 is 8.29. The van der Waals surface area contributed by atoms with Crippen LogP contribution in [-0.4, -0.2) is 31.8 Å². The number of esters is 1. The smallest absolute Gasteiger partial charge is 0.332 e. The molecule has 2 heterocycles. The van der Waals surface area contributed by atoms with E-state index >= 15 is 0 Å². The minimum Gasteiger partial charge on any atom is -0.467 e. The van der Waals surface area contributed by atoms with E-state index in [1.807, 2.05) is 0 Å². The second-order valence-corrected chi connectivity index (χ2v) is 4.23. The quantitative estimate of drug-likeness (QED) is 0.662. The number of carbonyl (C=O) groups excluding carboxylic acids is 1. The summed E-state index contributed by atoms with van der Waals surface area (Å²) in [4.78, 5) is 39.5. The molecule has 0 unspecified atom stereocenters. The number of hydrogen-bond donors (Lipinski definition) is 0. The molecule has 0 aromatic carbocycles. The Morgan fingerprint density at radius 1 is 1.32 bits per heavy atom. The average Bonchev–Trinajstić information content (AvgIpc) is 2.85. The SMILES string of the molecule is COC(=O)[C@@H](C)n1cnc2c1c(=O)n(C)c(=O)n2C. The number of methoxy groups -OCH3 is 1. The molecule has 0 amide bonds. The highest BCUT2D eigenvalue weighted by Gasteiger charge is 2.21. The monoisotopic (exact) mass is 266 g/mol. The van der Waals surface area contributed by atoms with E-state index in [-0.39, 0.29) is 11.2 Å². The number of carbonyl (C=O) groups is 1. The molecule has 19 heavy (non-hydrogen) atoms. The van der Waals surface area contributed by atoms with Gasteiger partial charge in [0, 0.05) is 14.1 Å². The molecular weight excluding hydrogens is 252 g/mol. The normalized spacial score (nSPS) is 12.6. The van der Waals surface area contributed by atoms with Crippen LogP contribution < -0.4 is 11.2 Å². The van der Waals surface area contributed by atoms with Crippen molar-refractivity contribution in [3.63, 3.8) is 0 Å². The van der Waals surface area contributed by atoms with Crippen LogP contribution >= 0.6 is 0 Å². The number of hydrogen-bond acceptors (Lipinski definition) is 5. The Kier molecular flexibility index (Phi) is 3.01. The fraction of sp³-hybridized carbons (Fsp3) is 0.455. The Hall–Kier alpha value is -2.38. The van der Waals surface area contributed by atoms with Gasteiger partial charge in [-0.3, -0.25) is 13.9 Å². The van der Waals surface area contributed by atoms with Crippen LogP contribution in [0.4, 0.5) is 0 Å². The van der Waals surface area contributed by atoms with Crippen LogP contribution in [0.25, 0.3) is 11.2 Å². The number of nitrogens with zero attached hydrogens (tertiary/aromatic N) is 4. The molecule has 0 radical (unpaired) electrons. The van der Waals surface area contributed by atoms with Crippen molar-refractivity contribution in [2.45, 2.75) is 13.0 Å². The zero-order chi connectivity index (χ0) is 14.3. The molecule has 8 nitrogen and oxygen atoms in total. The fourth-order valence-electron chi connectivity index (χ4n) is 1.94. The number of aromatic nitrogens is 4. The third kappa shape index (κ3) is 1.76. The highest BCUT2D eigenvalue weighted by Crippen LogP contribution is 2.13. The summed E-state index contributed by atoms with van der Waals surface area (Å²) >= 11 is 0. The van der Waals surface area contributed by atoms with Gasteiger partial charge in [-0.1, -0.05) is 0 Å². The van der Waals surface area contributed by atoms with Gasteiger partial charge >= 0.3 is 11.7 Å². The molecule has 102 valence electrons. The van der Waals surface area contributed by atoms with Crippen molar-refractivity contribution in [2.75, 3.05) is 7.11 Å². The molecular formula is C11H14N4O4. The summed E-state index contributed by atoms with van der Waals surface area (Å²) in [6.45, 7) is 1.59. The van der Waals surface area contributed by atoms with Crippen molar-refractivity contribution >= 4 is 17.1 Å². The average molecular weight is 266 g/mol. The Morgan fingerprint density at radius 2 is 1.95 bits per heavy atom. The first kappa shape index (κ1) is 13.1. The number of aryl methyl sites for hydroxylation is 1. The number of ether oxygens (including phenoxy) is 1. The van der Waals surface area contributed by atoms with E-state index in [4.69, 9.17) is 0 Å². The van der Waals surface area contributed by atoms with Gasteiger partial charge in [0.1, 0.15) is 6.04 Å². The molecule has 8 heteroatoms. The summed E-state index contributed by atoms with van der Waals surface area (Å²) in [5.74, 6) is -0.491. The van der Waals surface area contributed by atoms with E-state index in [0.29, 0.717) is 0 Å². The van der Waals surface area contributed by atoms with Crippen molar-refractivity contribution in [3.05, 3.63) is 27.2 Å². The van der Waals surface area contributed by atoms with Gasteiger partial charge in [-0.2, -0.15) is 0 Å². The van der Waals surface area contributed by atoms with E-state index in [0.717, 1.165) is 4.57 Å². The standard InChI is InChI=1S/C11H14N4O4/c1-6(10(17)19-4)15-5-12-8-7(15)9(16)14(3)11(18)13(8)2/h5-6H,1-4H3/t6-/m1/s1. The van der Waals surface area contributed by atoms with Crippen molar-refractivity contribution < 1.29 is 9.53 Å². The zero-order valence-corrected chi connectivity index (χ0v) is 11.1. The van der Waals surface area contributed by atoms with Crippen molar-refractivity contribution in [1.29, 1.82) is 0 Å². The van der Waals surface area contributed by atoms with Crippen LogP contribution in [0.2, 0.25) is 0 Å². The minimum absolute atomic E-state index is 0.197. The predicted octanol–water partition coefficient (Wildman–Crippen LogP) is -0.832. The van der Waals surface area contributed by atoms with Crippen LogP contribution in [0.5, 0.6) is 0 Å². The van der Waals surface area contributed by atoms with Gasteiger partial charge in [0.15, 0.2) is 11.2 Å². The summed E-state index contributed by atoms with van der Waals surface area (Å²) in [5.41, 5.74) is -0.522. The van der Waals surface area contributed by atoms with Crippen LogP contribution in [0.1, 0.15) is 13.0 Å². The van der Waals surface area contributed by atoms with Crippen molar-refractivity contribution in [3.8, 4) is 0 Å². The second kappa shape index (κ2) is 4.38. The van der Waals surface area contributed by atoms with E-state index in [2.05, 4.69) is 9.72 Å². The molecule has 0 spiro atoms. The van der Waals surface area contributed by atoms with Crippen LogP contribution in [0.3, 0.4) is 0 Å². The lowest BCUT2D eigenvalue weighted by Gasteiger charge is -2.12. The van der Waals surface area contributed by atoms with Crippen LogP contribution in [-0.2, 0) is 23.6 Å². The molecule has 1 atom stereocenters. The first-order valence-electron chi connectivity index (χ1n) is 5.60. The van der Waals surface area contributed by atoms with E-state index in [9.17, 15) is 14.4 Å². The van der Waals surface area contributed by atoms with Gasteiger partial charge < -0.3 is 9.30 Å². The largest absolute Gasteiger partial charge is 0.467 e. The Morgan fingerprint density at radius 3 is 2.53 bits per heavy atom. The van der Waals surface area contributed by atoms with Crippen LogP contribution in [0, 0.1) is 0 Å². The van der Waals surface area contributed by atoms with Gasteiger partial charge in [0.25, 0.3) is 5.56 Å². The fourth-order valence-corrected chi connectivity index (χ4v) is 1.94. The maximum Gasteiger partial charge on any atom is 0.332 e. The van der Waals surface area contributed by atoms with Gasteiger partial charge in [-0.25, -0.2) is 14.6 Å². The molecule has 0 fully saturated rings. The lowest BCUT2D eigenvalue weighted by atomic mass is 10.3. The molecule has 0 N–H and O–H groups in total. The Labute approximate surface area is 107 Å². The van der Waals surface area contributed by atoms with Gasteiger partial charge in [-0.15, -0.1) is 0 Å². The third-order valence-corrected chi connectivity index (χ3v) is 3.13. The van der Waals surface area contributed by atoms with Gasteiger partial charge in [0.05, 0.1) is 13.4 Å². The van der Waals surface area contributed by atoms with Crippen LogP contribution in [0.15, 0.2) is 15.9 Å². The molecule has 2 aromatic heterocycles. The second-order valence-electron chi connectivity index (χ2n) is 4.23. The highest BCUT2D eigenvalue weighted by atomic mass is 16.5. The molecule has 0 saturated carbocycles. The highest BCUT2D eigenvalue weighted by molar-refractivity contribution is 5.78. The summed E-state index contributed by atoms with van der Waals surface area (Å²) in [6.07, 6.45) is 1.35. The maximum atomic E-state index is 12.1. The zero-order valence-electron chi connectivity index (χ0n) is 11.1. The van der Waals surface area contributed by atoms with E-state index < -0.39 is 23.3 Å². The molecule has 2 aromatic rings. The lowest BCUT2D eigenvalue weighted by molar-refractivity contribution is -0.143. The Balaban J connectivity index is 2.84. The summed E-state index contributed by atoms with van der Waals surface area (Å²) in [5, 5.41) is 0. The Bertz CT molecular complexity index is 767. The van der Waals surface area contributed by atoms with E-state index in [1.54, 1.807) is 6.92 Å².